The van der Waals surface area contributed by atoms with Gasteiger partial charge in [0, 0.05) is 30.9 Å². The number of benzene rings is 1. The number of aryl methyl sites for hydroxylation is 1. The van der Waals surface area contributed by atoms with Crippen LogP contribution >= 0.6 is 11.6 Å². The Labute approximate surface area is 162 Å². The number of carbonyl (C=O) groups excluding carboxylic acids is 3. The third kappa shape index (κ3) is 5.86. The van der Waals surface area contributed by atoms with Crippen LogP contribution in [0.25, 0.3) is 0 Å². The molecule has 0 spiro atoms. The molecule has 8 heteroatoms. The number of esters is 1. The maximum atomic E-state index is 12.1. The van der Waals surface area contributed by atoms with Gasteiger partial charge in [-0.3, -0.25) is 9.59 Å². The van der Waals surface area contributed by atoms with Crippen LogP contribution in [0.2, 0.25) is 5.02 Å². The highest BCUT2D eigenvalue weighted by molar-refractivity contribution is 6.30. The topological polar surface area (TPSA) is 77.8 Å². The lowest BCUT2D eigenvalue weighted by molar-refractivity contribution is -0.133. The average Bonchev–Trinajstić information content (AvgIpc) is 3.03. The molecule has 0 bridgehead atoms. The van der Waals surface area contributed by atoms with Crippen LogP contribution < -0.4 is 4.74 Å². The molecule has 144 valence electrons. The van der Waals surface area contributed by atoms with Crippen molar-refractivity contribution < 1.29 is 23.9 Å². The van der Waals surface area contributed by atoms with Gasteiger partial charge in [0.1, 0.15) is 18.1 Å². The fourth-order valence-corrected chi connectivity index (χ4v) is 2.35. The molecule has 0 fully saturated rings. The maximum absolute atomic E-state index is 12.1. The molecule has 27 heavy (non-hydrogen) atoms. The van der Waals surface area contributed by atoms with Gasteiger partial charge in [-0.1, -0.05) is 11.6 Å². The van der Waals surface area contributed by atoms with Gasteiger partial charge in [0.25, 0.3) is 5.91 Å². The Morgan fingerprint density at radius 3 is 2.44 bits per heavy atom. The predicted molar refractivity (Wildman–Crippen MR) is 100 cm³/mol. The number of nitrogens with zero attached hydrogens (tertiary/aromatic N) is 2. The summed E-state index contributed by atoms with van der Waals surface area (Å²) in [5.41, 5.74) is 0.619. The van der Waals surface area contributed by atoms with E-state index in [9.17, 15) is 14.4 Å². The molecule has 7 nitrogen and oxygen atoms in total. The first-order valence-corrected chi connectivity index (χ1v) is 8.62. The van der Waals surface area contributed by atoms with Gasteiger partial charge in [-0.05, 0) is 37.3 Å². The van der Waals surface area contributed by atoms with Gasteiger partial charge in [0.2, 0.25) is 0 Å². The zero-order chi connectivity index (χ0) is 20.0. The van der Waals surface area contributed by atoms with Gasteiger partial charge >= 0.3 is 5.97 Å². The second-order valence-electron chi connectivity index (χ2n) is 5.97. The number of hydrogen-bond donors (Lipinski definition) is 0. The molecule has 0 atom stereocenters. The number of aromatic nitrogens is 1. The lowest BCUT2D eigenvalue weighted by Crippen LogP contribution is -2.34. The summed E-state index contributed by atoms with van der Waals surface area (Å²) in [6, 6.07) is 8.35. The van der Waals surface area contributed by atoms with Gasteiger partial charge in [0.15, 0.2) is 12.4 Å². The number of amides is 1. The van der Waals surface area contributed by atoms with Crippen LogP contribution in [0.4, 0.5) is 0 Å². The third-order valence-electron chi connectivity index (χ3n) is 3.88. The summed E-state index contributed by atoms with van der Waals surface area (Å²) in [4.78, 5) is 36.9. The lowest BCUT2D eigenvalue weighted by atomic mass is 10.2. The predicted octanol–water partition coefficient (Wildman–Crippen LogP) is 2.58. The summed E-state index contributed by atoms with van der Waals surface area (Å²) < 4.78 is 12.1. The molecule has 0 aliphatic rings. The molecule has 1 aromatic carbocycles. The Morgan fingerprint density at radius 1 is 1.19 bits per heavy atom. The highest BCUT2D eigenvalue weighted by atomic mass is 35.5. The second kappa shape index (κ2) is 9.23. The summed E-state index contributed by atoms with van der Waals surface area (Å²) >= 11 is 5.80. The fraction of sp³-hybridized carbons (Fsp3) is 0.316. The molecule has 1 aromatic heterocycles. The number of ketones is 1. The molecule has 0 aliphatic carbocycles. The van der Waals surface area contributed by atoms with E-state index in [4.69, 9.17) is 21.1 Å². The molecule has 1 amide bonds. The van der Waals surface area contributed by atoms with Crippen LogP contribution in [0.5, 0.6) is 5.75 Å². The minimum Gasteiger partial charge on any atom is -0.492 e. The van der Waals surface area contributed by atoms with E-state index in [1.807, 2.05) is 0 Å². The zero-order valence-corrected chi connectivity index (χ0v) is 16.2. The number of rotatable bonds is 8. The van der Waals surface area contributed by atoms with Gasteiger partial charge in [-0.15, -0.1) is 0 Å². The van der Waals surface area contributed by atoms with Crippen LogP contribution in [0.15, 0.2) is 36.5 Å². The Balaban J connectivity index is 1.77. The monoisotopic (exact) mass is 392 g/mol. The molecule has 0 radical (unpaired) electrons. The standard InChI is InChI=1S/C19H21ClN2O5/c1-13(23)14-10-17(22(3)11-14)19(25)27-12-18(24)21(2)8-9-26-16-6-4-15(20)5-7-16/h4-7,10-11H,8-9,12H2,1-3H3. The van der Waals surface area contributed by atoms with Gasteiger partial charge in [-0.25, -0.2) is 4.79 Å². The Morgan fingerprint density at radius 2 is 1.85 bits per heavy atom. The maximum Gasteiger partial charge on any atom is 0.355 e. The molecule has 0 aliphatic heterocycles. The van der Waals surface area contributed by atoms with Crippen molar-refractivity contribution in [3.63, 3.8) is 0 Å². The van der Waals surface area contributed by atoms with E-state index in [2.05, 4.69) is 0 Å². The highest BCUT2D eigenvalue weighted by Crippen LogP contribution is 2.15. The van der Waals surface area contributed by atoms with Crippen LogP contribution in [-0.2, 0) is 16.6 Å². The van der Waals surface area contributed by atoms with Crippen molar-refractivity contribution in [2.24, 2.45) is 7.05 Å². The Hall–Kier alpha value is -2.80. The van der Waals surface area contributed by atoms with Gasteiger partial charge in [-0.2, -0.15) is 0 Å². The Kier molecular flexibility index (Phi) is 7.01. The van der Waals surface area contributed by atoms with Gasteiger partial charge < -0.3 is 18.9 Å². The van der Waals surface area contributed by atoms with Crippen molar-refractivity contribution in [1.82, 2.24) is 9.47 Å². The number of likely N-dealkylation sites (N-methyl/N-ethyl adjacent to an activating group) is 1. The van der Waals surface area contributed by atoms with Crippen molar-refractivity contribution in [2.45, 2.75) is 6.92 Å². The van der Waals surface area contributed by atoms with E-state index < -0.39 is 12.6 Å². The summed E-state index contributed by atoms with van der Waals surface area (Å²) in [6.07, 6.45) is 1.54. The minimum atomic E-state index is -0.663. The van der Waals surface area contributed by atoms with E-state index in [1.165, 1.54) is 22.5 Å². The molecule has 2 aromatic rings. The first-order valence-electron chi connectivity index (χ1n) is 8.24. The average molecular weight is 393 g/mol. The van der Waals surface area contributed by atoms with Crippen LogP contribution in [0, 0.1) is 0 Å². The first kappa shape index (κ1) is 20.5. The number of hydrogen-bond acceptors (Lipinski definition) is 5. The van der Waals surface area contributed by atoms with E-state index in [0.29, 0.717) is 22.9 Å². The minimum absolute atomic E-state index is 0.152. The number of carbonyl (C=O) groups is 3. The molecular weight excluding hydrogens is 372 g/mol. The van der Waals surface area contributed by atoms with E-state index in [1.54, 1.807) is 44.6 Å². The van der Waals surface area contributed by atoms with Crippen LogP contribution in [0.3, 0.4) is 0 Å². The molecule has 0 saturated carbocycles. The summed E-state index contributed by atoms with van der Waals surface area (Å²) in [5.74, 6) is -0.522. The van der Waals surface area contributed by atoms with E-state index >= 15 is 0 Å². The van der Waals surface area contributed by atoms with Crippen molar-refractivity contribution in [1.29, 1.82) is 0 Å². The molecule has 0 saturated heterocycles. The lowest BCUT2D eigenvalue weighted by Gasteiger charge is -2.17. The molecule has 2 rings (SSSR count). The number of halogens is 1. The molecular formula is C19H21ClN2O5. The quantitative estimate of drug-likeness (QED) is 0.509. The highest BCUT2D eigenvalue weighted by Gasteiger charge is 2.17. The summed E-state index contributed by atoms with van der Waals surface area (Å²) in [7, 11) is 3.23. The van der Waals surface area contributed by atoms with Crippen LogP contribution in [-0.4, -0.2) is 53.9 Å². The largest absolute Gasteiger partial charge is 0.492 e. The third-order valence-corrected chi connectivity index (χ3v) is 4.13. The molecule has 0 unspecified atom stereocenters. The van der Waals surface area contributed by atoms with Gasteiger partial charge in [0.05, 0.1) is 6.54 Å². The summed E-state index contributed by atoms with van der Waals surface area (Å²) in [5, 5.41) is 0.616. The Bertz CT molecular complexity index is 829. The number of ether oxygens (including phenoxy) is 2. The van der Waals surface area contributed by atoms with E-state index in [-0.39, 0.29) is 24.0 Å². The van der Waals surface area contributed by atoms with Crippen molar-refractivity contribution >= 4 is 29.3 Å². The fourth-order valence-electron chi connectivity index (χ4n) is 2.23. The summed E-state index contributed by atoms with van der Waals surface area (Å²) in [6.45, 7) is 1.64. The second-order valence-corrected chi connectivity index (χ2v) is 6.41. The molecule has 0 N–H and O–H groups in total. The SMILES string of the molecule is CC(=O)c1cc(C(=O)OCC(=O)N(C)CCOc2ccc(Cl)cc2)n(C)c1. The first-order chi connectivity index (χ1) is 12.8. The van der Waals surface area contributed by atoms with Crippen molar-refractivity contribution in [2.75, 3.05) is 26.8 Å². The van der Waals surface area contributed by atoms with Crippen molar-refractivity contribution in [3.8, 4) is 5.75 Å². The molecule has 1 heterocycles. The normalized spacial score (nSPS) is 10.4. The smallest absolute Gasteiger partial charge is 0.355 e. The van der Waals surface area contributed by atoms with Crippen LogP contribution in [0.1, 0.15) is 27.8 Å². The number of Topliss-reactive ketones (excluding diaryl/α,β-unsaturated/α-hetero) is 1. The van der Waals surface area contributed by atoms with E-state index in [0.717, 1.165) is 0 Å². The van der Waals surface area contributed by atoms with Crippen molar-refractivity contribution in [3.05, 3.63) is 52.8 Å². The zero-order valence-electron chi connectivity index (χ0n) is 15.4.